The van der Waals surface area contributed by atoms with Crippen molar-refractivity contribution in [2.45, 2.75) is 38.6 Å². The lowest BCUT2D eigenvalue weighted by atomic mass is 10.0. The van der Waals surface area contributed by atoms with Crippen molar-refractivity contribution < 1.29 is 12.8 Å². The molecule has 4 rings (SSSR count). The number of anilines is 1. The third-order valence-electron chi connectivity index (χ3n) is 5.89. The topological polar surface area (TPSA) is 84.0 Å². The van der Waals surface area contributed by atoms with E-state index >= 15 is 0 Å². The molecule has 1 aromatic heterocycles. The number of benzene rings is 3. The van der Waals surface area contributed by atoms with E-state index in [-0.39, 0.29) is 12.1 Å². The lowest BCUT2D eigenvalue weighted by Crippen LogP contribution is -2.32. The first-order valence-electron chi connectivity index (χ1n) is 11.2. The summed E-state index contributed by atoms with van der Waals surface area (Å²) >= 11 is 0. The fourth-order valence-corrected chi connectivity index (χ4v) is 4.67. The van der Waals surface area contributed by atoms with Crippen LogP contribution < -0.4 is 10.0 Å². The number of nitrogens with one attached hydrogen (secondary N) is 2. The van der Waals surface area contributed by atoms with Crippen molar-refractivity contribution in [2.24, 2.45) is 0 Å². The zero-order valence-electron chi connectivity index (χ0n) is 19.1. The van der Waals surface area contributed by atoms with E-state index in [9.17, 15) is 12.8 Å². The fourth-order valence-electron chi connectivity index (χ4n) is 3.59. The average molecular weight is 479 g/mol. The molecule has 0 radical (unpaired) electrons. The first-order valence-corrected chi connectivity index (χ1v) is 12.7. The number of hydrogen-bond donors (Lipinski definition) is 2. The molecule has 34 heavy (non-hydrogen) atoms. The summed E-state index contributed by atoms with van der Waals surface area (Å²) in [7, 11) is -3.51. The van der Waals surface area contributed by atoms with Gasteiger partial charge in [0.05, 0.1) is 10.8 Å². The third-order valence-corrected chi connectivity index (χ3v) is 7.83. The molecule has 0 aliphatic heterocycles. The van der Waals surface area contributed by atoms with Crippen molar-refractivity contribution in [3.05, 3.63) is 90.0 Å². The maximum Gasteiger partial charge on any atom is 0.214 e. The zero-order valence-corrected chi connectivity index (χ0v) is 19.9. The van der Waals surface area contributed by atoms with Gasteiger partial charge in [-0.05, 0) is 54.3 Å². The number of aromatic nitrogens is 2. The number of halogens is 1. The summed E-state index contributed by atoms with van der Waals surface area (Å²) in [5.74, 6) is 0.254. The highest BCUT2D eigenvalue weighted by Gasteiger charge is 2.19. The predicted molar refractivity (Wildman–Crippen MR) is 134 cm³/mol. The predicted octanol–water partition coefficient (Wildman–Crippen LogP) is 5.27. The molecule has 0 aliphatic carbocycles. The second-order valence-corrected chi connectivity index (χ2v) is 10.4. The van der Waals surface area contributed by atoms with E-state index in [0.717, 1.165) is 27.6 Å². The normalized spacial score (nSPS) is 12.6. The molecular formula is C26H27FN4O2S. The highest BCUT2D eigenvalue weighted by atomic mass is 32.2. The van der Waals surface area contributed by atoms with Crippen LogP contribution in [0.3, 0.4) is 0 Å². The van der Waals surface area contributed by atoms with E-state index < -0.39 is 21.1 Å². The van der Waals surface area contributed by atoms with Crippen LogP contribution in [0.25, 0.3) is 22.0 Å². The van der Waals surface area contributed by atoms with E-state index in [1.54, 1.807) is 26.0 Å². The van der Waals surface area contributed by atoms with E-state index in [1.165, 1.54) is 12.4 Å². The summed E-state index contributed by atoms with van der Waals surface area (Å²) in [6.07, 6.45) is 2.01. The molecule has 4 aromatic rings. The van der Waals surface area contributed by atoms with Crippen LogP contribution in [0.1, 0.15) is 31.4 Å². The standard InChI is InChI=1S/C26H27FN4O2S/c1-3-18(2)34(32,33)31-16-22-13-20(9-11-24(22)27)21-10-12-25-23(14-21)26(30-17-29-25)28-15-19-7-5-4-6-8-19/h4-14,17-18,31H,3,15-16H2,1-2H3,(H,28,29,30). The number of fused-ring (bicyclic) bond motifs is 1. The lowest BCUT2D eigenvalue weighted by molar-refractivity contribution is 0.561. The van der Waals surface area contributed by atoms with Crippen molar-refractivity contribution in [3.63, 3.8) is 0 Å². The molecule has 0 saturated carbocycles. The lowest BCUT2D eigenvalue weighted by Gasteiger charge is -2.13. The van der Waals surface area contributed by atoms with Crippen molar-refractivity contribution in [2.75, 3.05) is 5.32 Å². The van der Waals surface area contributed by atoms with Crippen molar-refractivity contribution in [1.82, 2.24) is 14.7 Å². The Bertz CT molecular complexity index is 1390. The number of rotatable bonds is 9. The molecule has 1 heterocycles. The van der Waals surface area contributed by atoms with Gasteiger partial charge in [0.15, 0.2) is 0 Å². The Hall–Kier alpha value is -3.36. The monoisotopic (exact) mass is 478 g/mol. The summed E-state index contributed by atoms with van der Waals surface area (Å²) in [4.78, 5) is 8.77. The van der Waals surface area contributed by atoms with Gasteiger partial charge in [-0.1, -0.05) is 49.4 Å². The minimum Gasteiger partial charge on any atom is -0.365 e. The van der Waals surface area contributed by atoms with Crippen molar-refractivity contribution >= 4 is 26.7 Å². The van der Waals surface area contributed by atoms with Gasteiger partial charge in [-0.15, -0.1) is 0 Å². The second-order valence-electron chi connectivity index (χ2n) is 8.18. The van der Waals surface area contributed by atoms with E-state index in [1.807, 2.05) is 48.5 Å². The third kappa shape index (κ3) is 5.40. The fraction of sp³-hybridized carbons (Fsp3) is 0.231. The number of sulfonamides is 1. The van der Waals surface area contributed by atoms with Gasteiger partial charge >= 0.3 is 0 Å². The van der Waals surface area contributed by atoms with Gasteiger partial charge in [0.25, 0.3) is 0 Å². The van der Waals surface area contributed by atoms with Crippen LogP contribution in [0, 0.1) is 5.82 Å². The van der Waals surface area contributed by atoms with E-state index in [0.29, 0.717) is 18.8 Å². The summed E-state index contributed by atoms with van der Waals surface area (Å²) in [6.45, 7) is 3.95. The Labute approximate surface area is 199 Å². The van der Waals surface area contributed by atoms with Gasteiger partial charge in [0.1, 0.15) is 18.0 Å². The molecule has 6 nitrogen and oxygen atoms in total. The first-order chi connectivity index (χ1) is 16.4. The number of nitrogens with zero attached hydrogens (tertiary/aromatic N) is 2. The van der Waals surface area contributed by atoms with Gasteiger partial charge in [-0.25, -0.2) is 27.5 Å². The maximum atomic E-state index is 14.5. The second kappa shape index (κ2) is 10.3. The molecule has 0 amide bonds. The maximum absolute atomic E-state index is 14.5. The minimum atomic E-state index is -3.51. The Kier molecular flexibility index (Phi) is 7.19. The van der Waals surface area contributed by atoms with Gasteiger partial charge in [-0.3, -0.25) is 0 Å². The molecule has 0 bridgehead atoms. The highest BCUT2D eigenvalue weighted by Crippen LogP contribution is 2.28. The largest absolute Gasteiger partial charge is 0.365 e. The number of hydrogen-bond acceptors (Lipinski definition) is 5. The molecule has 0 saturated heterocycles. The van der Waals surface area contributed by atoms with Crippen molar-refractivity contribution in [1.29, 1.82) is 0 Å². The summed E-state index contributed by atoms with van der Waals surface area (Å²) in [5.41, 5.74) is 3.85. The molecular weight excluding hydrogens is 451 g/mol. The molecule has 176 valence electrons. The Balaban J connectivity index is 1.61. The van der Waals surface area contributed by atoms with Crippen LogP contribution in [0.15, 0.2) is 73.1 Å². The molecule has 8 heteroatoms. The quantitative estimate of drug-likeness (QED) is 0.343. The first kappa shape index (κ1) is 23.8. The van der Waals surface area contributed by atoms with Gasteiger partial charge in [0, 0.05) is 24.0 Å². The summed E-state index contributed by atoms with van der Waals surface area (Å²) in [5, 5.41) is 3.67. The Morgan fingerprint density at radius 2 is 1.68 bits per heavy atom. The highest BCUT2D eigenvalue weighted by molar-refractivity contribution is 7.90. The van der Waals surface area contributed by atoms with Gasteiger partial charge in [-0.2, -0.15) is 0 Å². The minimum absolute atomic E-state index is 0.104. The molecule has 0 fully saturated rings. The van der Waals surface area contributed by atoms with Gasteiger partial charge in [0.2, 0.25) is 10.0 Å². The summed E-state index contributed by atoms with van der Waals surface area (Å²) < 4.78 is 41.6. The Morgan fingerprint density at radius 1 is 0.941 bits per heavy atom. The molecule has 2 N–H and O–H groups in total. The van der Waals surface area contributed by atoms with Crippen molar-refractivity contribution in [3.8, 4) is 11.1 Å². The molecule has 0 spiro atoms. The van der Waals surface area contributed by atoms with E-state index in [2.05, 4.69) is 20.0 Å². The molecule has 3 aromatic carbocycles. The smallest absolute Gasteiger partial charge is 0.214 e. The molecule has 1 atom stereocenters. The molecule has 0 aliphatic rings. The van der Waals surface area contributed by atoms with Crippen LogP contribution in [-0.2, 0) is 23.1 Å². The summed E-state index contributed by atoms with van der Waals surface area (Å²) in [6, 6.07) is 20.5. The molecule has 1 unspecified atom stereocenters. The average Bonchev–Trinajstić information content (AvgIpc) is 2.86. The van der Waals surface area contributed by atoms with Crippen LogP contribution >= 0.6 is 0 Å². The Morgan fingerprint density at radius 3 is 2.44 bits per heavy atom. The van der Waals surface area contributed by atoms with Crippen LogP contribution in [0.4, 0.5) is 10.2 Å². The SMILES string of the molecule is CCC(C)S(=O)(=O)NCc1cc(-c2ccc3ncnc(NCc4ccccc4)c3c2)ccc1F. The van der Waals surface area contributed by atoms with Crippen LogP contribution in [0.5, 0.6) is 0 Å². The van der Waals surface area contributed by atoms with Crippen LogP contribution in [-0.4, -0.2) is 23.6 Å². The zero-order chi connectivity index (χ0) is 24.1. The van der Waals surface area contributed by atoms with E-state index in [4.69, 9.17) is 0 Å². The van der Waals surface area contributed by atoms with Gasteiger partial charge < -0.3 is 5.32 Å². The van der Waals surface area contributed by atoms with Crippen LogP contribution in [0.2, 0.25) is 0 Å².